The van der Waals surface area contributed by atoms with Crippen LogP contribution in [0.1, 0.15) is 37.0 Å². The molecule has 6 heteroatoms. The highest BCUT2D eigenvalue weighted by molar-refractivity contribution is 7.91. The van der Waals surface area contributed by atoms with Gasteiger partial charge in [-0.1, -0.05) is 0 Å². The van der Waals surface area contributed by atoms with Crippen molar-refractivity contribution in [3.05, 3.63) is 29.8 Å². The molecule has 1 saturated heterocycles. The number of sulfone groups is 1. The van der Waals surface area contributed by atoms with Gasteiger partial charge in [-0.25, -0.2) is 13.2 Å². The first-order chi connectivity index (χ1) is 9.20. The summed E-state index contributed by atoms with van der Waals surface area (Å²) in [4.78, 5) is 10.9. The minimum Gasteiger partial charge on any atom is -0.478 e. The predicted molar refractivity (Wildman–Crippen MR) is 73.6 cm³/mol. The summed E-state index contributed by atoms with van der Waals surface area (Å²) in [5, 5.41) is 8.80. The zero-order valence-corrected chi connectivity index (χ0v) is 12.3. The highest BCUT2D eigenvalue weighted by atomic mass is 32.2. The van der Waals surface area contributed by atoms with Crippen LogP contribution >= 0.6 is 0 Å². The standard InChI is InChI=1S/C14H18O5S/c1-14(2)8-7-11(19-14)9-20(17,18)12-5-3-10(4-6-12)13(15)16/h3-6,11H,7-9H2,1-2H3,(H,15,16). The third-order valence-electron chi connectivity index (χ3n) is 3.42. The lowest BCUT2D eigenvalue weighted by Crippen LogP contribution is -2.25. The van der Waals surface area contributed by atoms with E-state index < -0.39 is 15.8 Å². The van der Waals surface area contributed by atoms with Crippen LogP contribution in [-0.2, 0) is 14.6 Å². The van der Waals surface area contributed by atoms with E-state index in [1.54, 1.807) is 0 Å². The first-order valence-corrected chi connectivity index (χ1v) is 8.09. The lowest BCUT2D eigenvalue weighted by molar-refractivity contribution is -0.00528. The molecule has 110 valence electrons. The van der Waals surface area contributed by atoms with Crippen LogP contribution < -0.4 is 0 Å². The molecule has 0 spiro atoms. The predicted octanol–water partition coefficient (Wildman–Crippen LogP) is 2.12. The fraction of sp³-hybridized carbons (Fsp3) is 0.500. The summed E-state index contributed by atoms with van der Waals surface area (Å²) in [6.45, 7) is 3.89. The van der Waals surface area contributed by atoms with Crippen molar-refractivity contribution in [3.8, 4) is 0 Å². The van der Waals surface area contributed by atoms with E-state index in [0.29, 0.717) is 0 Å². The topological polar surface area (TPSA) is 80.7 Å². The Labute approximate surface area is 118 Å². The molecule has 0 bridgehead atoms. The smallest absolute Gasteiger partial charge is 0.335 e. The second kappa shape index (κ2) is 5.18. The SMILES string of the molecule is CC1(C)CCC(CS(=O)(=O)c2ccc(C(=O)O)cc2)O1. The van der Waals surface area contributed by atoms with E-state index in [9.17, 15) is 13.2 Å². The Hall–Kier alpha value is -1.40. The van der Waals surface area contributed by atoms with Crippen LogP contribution in [0.3, 0.4) is 0 Å². The van der Waals surface area contributed by atoms with Gasteiger partial charge in [0.2, 0.25) is 0 Å². The molecule has 1 fully saturated rings. The lowest BCUT2D eigenvalue weighted by atomic mass is 10.1. The fourth-order valence-corrected chi connectivity index (χ4v) is 3.81. The van der Waals surface area contributed by atoms with E-state index in [1.807, 2.05) is 13.8 Å². The zero-order chi connectivity index (χ0) is 15.0. The van der Waals surface area contributed by atoms with Crippen molar-refractivity contribution in [3.63, 3.8) is 0 Å². The summed E-state index contributed by atoms with van der Waals surface area (Å²) >= 11 is 0. The van der Waals surface area contributed by atoms with Crippen molar-refractivity contribution in [2.45, 2.75) is 43.3 Å². The molecule has 0 aromatic heterocycles. The molecular weight excluding hydrogens is 280 g/mol. The molecule has 1 aromatic carbocycles. The Bertz CT molecular complexity index is 601. The van der Waals surface area contributed by atoms with Crippen LogP contribution in [-0.4, -0.2) is 37.0 Å². The minimum atomic E-state index is -3.45. The fourth-order valence-electron chi connectivity index (χ4n) is 2.34. The molecule has 1 aliphatic rings. The monoisotopic (exact) mass is 298 g/mol. The van der Waals surface area contributed by atoms with Gasteiger partial charge in [-0.15, -0.1) is 0 Å². The molecule has 1 unspecified atom stereocenters. The number of aromatic carboxylic acids is 1. The molecule has 0 aliphatic carbocycles. The third-order valence-corrected chi connectivity index (χ3v) is 5.22. The van der Waals surface area contributed by atoms with Crippen molar-refractivity contribution < 1.29 is 23.1 Å². The van der Waals surface area contributed by atoms with Gasteiger partial charge in [0.05, 0.1) is 27.9 Å². The maximum absolute atomic E-state index is 12.3. The second-order valence-corrected chi connectivity index (χ2v) is 7.68. The number of ether oxygens (including phenoxy) is 1. The summed E-state index contributed by atoms with van der Waals surface area (Å²) in [7, 11) is -3.45. The molecule has 1 aliphatic heterocycles. The lowest BCUT2D eigenvalue weighted by Gasteiger charge is -2.19. The van der Waals surface area contributed by atoms with Crippen LogP contribution in [0.15, 0.2) is 29.2 Å². The Morgan fingerprint density at radius 2 is 1.95 bits per heavy atom. The van der Waals surface area contributed by atoms with Gasteiger partial charge in [-0.2, -0.15) is 0 Å². The summed E-state index contributed by atoms with van der Waals surface area (Å²) in [6, 6.07) is 5.26. The van der Waals surface area contributed by atoms with E-state index in [0.717, 1.165) is 12.8 Å². The van der Waals surface area contributed by atoms with Crippen LogP contribution in [0.25, 0.3) is 0 Å². The number of carboxylic acid groups (broad SMARTS) is 1. The number of benzene rings is 1. The molecule has 1 aromatic rings. The molecule has 1 N–H and O–H groups in total. The van der Waals surface area contributed by atoms with Crippen LogP contribution in [0.5, 0.6) is 0 Å². The van der Waals surface area contributed by atoms with E-state index in [-0.39, 0.29) is 27.9 Å². The molecule has 5 nitrogen and oxygen atoms in total. The Morgan fingerprint density at radius 1 is 1.35 bits per heavy atom. The second-order valence-electron chi connectivity index (χ2n) is 5.65. The zero-order valence-electron chi connectivity index (χ0n) is 11.5. The van der Waals surface area contributed by atoms with E-state index in [1.165, 1.54) is 24.3 Å². The number of hydrogen-bond donors (Lipinski definition) is 1. The largest absolute Gasteiger partial charge is 0.478 e. The first kappa shape index (κ1) is 15.0. The molecule has 20 heavy (non-hydrogen) atoms. The summed E-state index contributed by atoms with van der Waals surface area (Å²) in [5.74, 6) is -1.14. The normalized spacial score (nSPS) is 21.8. The van der Waals surface area contributed by atoms with Gasteiger partial charge in [0, 0.05) is 0 Å². The van der Waals surface area contributed by atoms with Crippen molar-refractivity contribution in [2.75, 3.05) is 5.75 Å². The van der Waals surface area contributed by atoms with Gasteiger partial charge in [0.15, 0.2) is 9.84 Å². The highest BCUT2D eigenvalue weighted by Gasteiger charge is 2.34. The van der Waals surface area contributed by atoms with Crippen molar-refractivity contribution in [2.24, 2.45) is 0 Å². The van der Waals surface area contributed by atoms with Crippen LogP contribution in [0, 0.1) is 0 Å². The molecule has 2 rings (SSSR count). The summed E-state index contributed by atoms with van der Waals surface area (Å²) in [5.41, 5.74) is -0.199. The molecule has 0 amide bonds. The Kier molecular flexibility index (Phi) is 3.88. The first-order valence-electron chi connectivity index (χ1n) is 6.44. The molecular formula is C14H18O5S. The van der Waals surface area contributed by atoms with Gasteiger partial charge in [0.25, 0.3) is 0 Å². The van der Waals surface area contributed by atoms with E-state index >= 15 is 0 Å². The average Bonchev–Trinajstić information content (AvgIpc) is 2.68. The molecule has 1 heterocycles. The average molecular weight is 298 g/mol. The molecule has 1 atom stereocenters. The minimum absolute atomic E-state index is 0.0666. The van der Waals surface area contributed by atoms with Gasteiger partial charge in [-0.05, 0) is 51.0 Å². The van der Waals surface area contributed by atoms with Gasteiger partial charge in [-0.3, -0.25) is 0 Å². The van der Waals surface area contributed by atoms with Crippen molar-refractivity contribution >= 4 is 15.8 Å². The van der Waals surface area contributed by atoms with Gasteiger partial charge in [0.1, 0.15) is 0 Å². The number of carboxylic acids is 1. The third kappa shape index (κ3) is 3.37. The molecule has 0 radical (unpaired) electrons. The molecule has 0 saturated carbocycles. The van der Waals surface area contributed by atoms with E-state index in [4.69, 9.17) is 9.84 Å². The maximum atomic E-state index is 12.3. The number of rotatable bonds is 4. The van der Waals surface area contributed by atoms with E-state index in [2.05, 4.69) is 0 Å². The summed E-state index contributed by atoms with van der Waals surface area (Å²) in [6.07, 6.45) is 1.26. The van der Waals surface area contributed by atoms with Crippen molar-refractivity contribution in [1.82, 2.24) is 0 Å². The van der Waals surface area contributed by atoms with Crippen LogP contribution in [0.4, 0.5) is 0 Å². The number of carbonyl (C=O) groups is 1. The Morgan fingerprint density at radius 3 is 2.40 bits per heavy atom. The maximum Gasteiger partial charge on any atom is 0.335 e. The highest BCUT2D eigenvalue weighted by Crippen LogP contribution is 2.31. The summed E-state index contributed by atoms with van der Waals surface area (Å²) < 4.78 is 30.2. The number of hydrogen-bond acceptors (Lipinski definition) is 4. The Balaban J connectivity index is 2.12. The van der Waals surface area contributed by atoms with Gasteiger partial charge >= 0.3 is 5.97 Å². The quantitative estimate of drug-likeness (QED) is 0.921. The van der Waals surface area contributed by atoms with Crippen LogP contribution in [0.2, 0.25) is 0 Å². The van der Waals surface area contributed by atoms with Gasteiger partial charge < -0.3 is 9.84 Å². The van der Waals surface area contributed by atoms with Crippen molar-refractivity contribution in [1.29, 1.82) is 0 Å².